The van der Waals surface area contributed by atoms with E-state index >= 15 is 0 Å². The number of carboxylic acids is 1. The lowest BCUT2D eigenvalue weighted by Crippen LogP contribution is -2.46. The summed E-state index contributed by atoms with van der Waals surface area (Å²) in [6, 6.07) is -1.03. The number of nitrogens with zero attached hydrogens (tertiary/aromatic N) is 1. The topological polar surface area (TPSA) is 122 Å². The molecule has 0 atom stereocenters. The smallest absolute Gasteiger partial charge is 0.426 e. The fourth-order valence-electron chi connectivity index (χ4n) is 0.662. The number of hydrogen-bond acceptors (Lipinski definition) is 4. The molecule has 0 aromatic rings. The van der Waals surface area contributed by atoms with Gasteiger partial charge in [-0.2, -0.15) is 0 Å². The van der Waals surface area contributed by atoms with Gasteiger partial charge in [0, 0.05) is 6.20 Å². The van der Waals surface area contributed by atoms with E-state index in [4.69, 9.17) is 10.8 Å². The number of hydrazine groups is 1. The molecule has 8 nitrogen and oxygen atoms in total. The molecule has 4 N–H and O–H groups in total. The third kappa shape index (κ3) is 4.84. The highest BCUT2D eigenvalue weighted by Crippen LogP contribution is 1.96. The van der Waals surface area contributed by atoms with E-state index in [9.17, 15) is 14.4 Å². The van der Waals surface area contributed by atoms with Crippen molar-refractivity contribution in [3.63, 3.8) is 0 Å². The van der Waals surface area contributed by atoms with Crippen LogP contribution in [0.25, 0.3) is 0 Å². The van der Waals surface area contributed by atoms with Crippen LogP contribution in [-0.4, -0.2) is 34.8 Å². The molecule has 0 spiro atoms. The van der Waals surface area contributed by atoms with Gasteiger partial charge in [-0.15, -0.1) is 0 Å². The summed E-state index contributed by atoms with van der Waals surface area (Å²) in [5.74, 6) is -1.24. The Kier molecular flexibility index (Phi) is 5.39. The van der Waals surface area contributed by atoms with Crippen LogP contribution in [0.3, 0.4) is 0 Å². The van der Waals surface area contributed by atoms with E-state index in [-0.39, 0.29) is 12.2 Å². The molecular weight excluding hydrogens is 218 g/mol. The molecular formula is C8H13N3O5. The Morgan fingerprint density at radius 1 is 1.50 bits per heavy atom. The highest BCUT2D eigenvalue weighted by atomic mass is 16.6. The third-order valence-corrected chi connectivity index (χ3v) is 1.38. The van der Waals surface area contributed by atoms with Crippen LogP contribution in [0.5, 0.6) is 0 Å². The summed E-state index contributed by atoms with van der Waals surface area (Å²) in [5.41, 5.74) is 6.70. The third-order valence-electron chi connectivity index (χ3n) is 1.38. The maximum absolute atomic E-state index is 10.9. The quantitative estimate of drug-likeness (QED) is 0.466. The van der Waals surface area contributed by atoms with Crippen LogP contribution in [0.15, 0.2) is 11.8 Å². The Morgan fingerprint density at radius 3 is 2.44 bits per heavy atom. The molecule has 8 heteroatoms. The maximum atomic E-state index is 10.9. The molecule has 0 heterocycles. The molecule has 0 aromatic carbocycles. The van der Waals surface area contributed by atoms with E-state index in [1.807, 2.05) is 5.43 Å². The number of rotatable bonds is 3. The zero-order valence-electron chi connectivity index (χ0n) is 8.89. The summed E-state index contributed by atoms with van der Waals surface area (Å²) in [5, 5.41) is 9.09. The van der Waals surface area contributed by atoms with Crippen molar-refractivity contribution in [1.82, 2.24) is 10.4 Å². The van der Waals surface area contributed by atoms with E-state index in [2.05, 4.69) is 4.74 Å². The predicted octanol–water partition coefficient (Wildman–Crippen LogP) is 0.0166. The summed E-state index contributed by atoms with van der Waals surface area (Å²) < 4.78 is 4.49. The maximum Gasteiger partial charge on any atom is 0.426 e. The van der Waals surface area contributed by atoms with E-state index in [1.165, 1.54) is 6.92 Å². The Balaban J connectivity index is 4.64. The lowest BCUT2D eigenvalue weighted by atomic mass is 10.3. The number of amides is 3. The highest BCUT2D eigenvalue weighted by molar-refractivity contribution is 5.87. The number of carbonyl (C=O) groups is 3. The van der Waals surface area contributed by atoms with Crippen LogP contribution in [0.4, 0.5) is 9.59 Å². The van der Waals surface area contributed by atoms with Crippen molar-refractivity contribution in [1.29, 1.82) is 0 Å². The minimum absolute atomic E-state index is 0.111. The van der Waals surface area contributed by atoms with Gasteiger partial charge < -0.3 is 15.6 Å². The number of urea groups is 1. The first kappa shape index (κ1) is 13.8. The molecule has 16 heavy (non-hydrogen) atoms. The fraction of sp³-hybridized carbons (Fsp3) is 0.375. The molecule has 0 rings (SSSR count). The summed E-state index contributed by atoms with van der Waals surface area (Å²) in [6.07, 6.45) is -0.0301. The number of primary amides is 1. The van der Waals surface area contributed by atoms with E-state index in [0.717, 1.165) is 6.20 Å². The second-order valence-electron chi connectivity index (χ2n) is 2.66. The number of nitrogens with one attached hydrogen (secondary N) is 1. The zero-order chi connectivity index (χ0) is 12.7. The molecule has 0 radical (unpaired) electrons. The number of carboxylic acid groups (broad SMARTS) is 1. The first-order chi connectivity index (χ1) is 7.38. The Hall–Kier alpha value is -2.25. The number of carbonyl (C=O) groups excluding carboxylic acids is 2. The Bertz CT molecular complexity index is 326. The van der Waals surface area contributed by atoms with Gasteiger partial charge in [0.05, 0.1) is 12.2 Å². The Morgan fingerprint density at radius 2 is 2.06 bits per heavy atom. The lowest BCUT2D eigenvalue weighted by molar-refractivity contribution is -0.132. The average Bonchev–Trinajstić information content (AvgIpc) is 2.16. The van der Waals surface area contributed by atoms with Crippen LogP contribution >= 0.6 is 0 Å². The number of nitrogens with two attached hydrogens (primary N) is 1. The molecule has 0 aliphatic rings. The van der Waals surface area contributed by atoms with Crippen molar-refractivity contribution in [2.75, 3.05) is 6.61 Å². The normalized spacial score (nSPS) is 10.5. The van der Waals surface area contributed by atoms with Gasteiger partial charge in [0.1, 0.15) is 0 Å². The molecule has 90 valence electrons. The first-order valence-corrected chi connectivity index (χ1v) is 4.32. The van der Waals surface area contributed by atoms with Crippen molar-refractivity contribution in [3.8, 4) is 0 Å². The van der Waals surface area contributed by atoms with Gasteiger partial charge in [-0.05, 0) is 13.8 Å². The molecule has 0 aromatic heterocycles. The molecule has 0 unspecified atom stereocenters. The summed E-state index contributed by atoms with van der Waals surface area (Å²) in [6.45, 7) is 2.93. The first-order valence-electron chi connectivity index (χ1n) is 4.32. The molecule has 0 aliphatic heterocycles. The van der Waals surface area contributed by atoms with E-state index in [1.54, 1.807) is 6.92 Å². The number of aliphatic carboxylic acids is 1. The van der Waals surface area contributed by atoms with Crippen molar-refractivity contribution in [2.24, 2.45) is 5.73 Å². The molecule has 0 aliphatic carbocycles. The van der Waals surface area contributed by atoms with Gasteiger partial charge in [-0.1, -0.05) is 0 Å². The second kappa shape index (κ2) is 6.27. The van der Waals surface area contributed by atoms with Crippen LogP contribution in [0, 0.1) is 0 Å². The van der Waals surface area contributed by atoms with Crippen LogP contribution < -0.4 is 11.2 Å². The number of ether oxygens (including phenoxy) is 1. The van der Waals surface area contributed by atoms with Gasteiger partial charge in [0.2, 0.25) is 0 Å². The monoisotopic (exact) mass is 231 g/mol. The van der Waals surface area contributed by atoms with Gasteiger partial charge in [0.25, 0.3) is 0 Å². The van der Waals surface area contributed by atoms with Gasteiger partial charge in [-0.25, -0.2) is 24.8 Å². The van der Waals surface area contributed by atoms with Gasteiger partial charge >= 0.3 is 18.1 Å². The summed E-state index contributed by atoms with van der Waals surface area (Å²) in [7, 11) is 0. The zero-order valence-corrected chi connectivity index (χ0v) is 8.89. The lowest BCUT2D eigenvalue weighted by Gasteiger charge is -2.16. The molecule has 0 saturated heterocycles. The second-order valence-corrected chi connectivity index (χ2v) is 2.66. The largest absolute Gasteiger partial charge is 0.478 e. The van der Waals surface area contributed by atoms with Crippen LogP contribution in [0.1, 0.15) is 13.8 Å². The average molecular weight is 231 g/mol. The van der Waals surface area contributed by atoms with Crippen LogP contribution in [-0.2, 0) is 9.53 Å². The fourth-order valence-corrected chi connectivity index (χ4v) is 0.662. The number of hydrogen-bond donors (Lipinski definition) is 3. The molecule has 0 bridgehead atoms. The standard InChI is InChI=1S/C8H13N3O5/c1-3-16-8(15)10-11(7(9)14)4-5(2)6(12)13/h4H,3H2,1-2H3,(H2,9,14)(H,10,15)(H,12,13). The van der Waals surface area contributed by atoms with Crippen LogP contribution in [0.2, 0.25) is 0 Å². The van der Waals surface area contributed by atoms with Gasteiger partial charge in [0.15, 0.2) is 0 Å². The molecule has 0 fully saturated rings. The SMILES string of the molecule is CCOC(=O)NN(C=C(C)C(=O)O)C(N)=O. The van der Waals surface area contributed by atoms with Crippen molar-refractivity contribution in [3.05, 3.63) is 11.8 Å². The van der Waals surface area contributed by atoms with E-state index in [0.29, 0.717) is 5.01 Å². The highest BCUT2D eigenvalue weighted by Gasteiger charge is 2.13. The Labute approximate surface area is 91.6 Å². The van der Waals surface area contributed by atoms with Crippen molar-refractivity contribution >= 4 is 18.1 Å². The predicted molar refractivity (Wildman–Crippen MR) is 53.0 cm³/mol. The van der Waals surface area contributed by atoms with E-state index < -0.39 is 18.1 Å². The van der Waals surface area contributed by atoms with Crippen molar-refractivity contribution in [2.45, 2.75) is 13.8 Å². The molecule has 0 saturated carbocycles. The summed E-state index contributed by atoms with van der Waals surface area (Å²) >= 11 is 0. The van der Waals surface area contributed by atoms with Crippen molar-refractivity contribution < 1.29 is 24.2 Å². The minimum atomic E-state index is -1.24. The minimum Gasteiger partial charge on any atom is -0.478 e. The summed E-state index contributed by atoms with van der Waals surface area (Å²) in [4.78, 5) is 32.3. The molecule has 3 amide bonds. The van der Waals surface area contributed by atoms with Gasteiger partial charge in [-0.3, -0.25) is 0 Å².